The van der Waals surface area contributed by atoms with Gasteiger partial charge in [-0.05, 0) is 37.1 Å². The van der Waals surface area contributed by atoms with Crippen LogP contribution in [0.25, 0.3) is 0 Å². The number of aryl methyl sites for hydroxylation is 1. The topological polar surface area (TPSA) is 90.6 Å². The van der Waals surface area contributed by atoms with Crippen molar-refractivity contribution < 1.29 is 19.1 Å². The molecule has 110 valence electrons. The maximum Gasteiger partial charge on any atom is 0.337 e. The van der Waals surface area contributed by atoms with Gasteiger partial charge in [0.1, 0.15) is 0 Å². The van der Waals surface area contributed by atoms with E-state index >= 15 is 0 Å². The van der Waals surface area contributed by atoms with E-state index in [0.29, 0.717) is 24.3 Å². The van der Waals surface area contributed by atoms with Crippen molar-refractivity contribution in [3.05, 3.63) is 29.3 Å². The van der Waals surface area contributed by atoms with Crippen molar-refractivity contribution in [2.24, 2.45) is 5.73 Å². The van der Waals surface area contributed by atoms with Crippen molar-refractivity contribution in [3.63, 3.8) is 0 Å². The van der Waals surface area contributed by atoms with Crippen molar-refractivity contribution in [2.45, 2.75) is 19.4 Å². The summed E-state index contributed by atoms with van der Waals surface area (Å²) in [7, 11) is 2.88. The summed E-state index contributed by atoms with van der Waals surface area (Å²) in [5.41, 5.74) is 7.56. The van der Waals surface area contributed by atoms with E-state index in [0.717, 1.165) is 5.56 Å². The minimum absolute atomic E-state index is 0.282. The number of benzene rings is 1. The normalized spacial score (nSPS) is 11.8. The lowest BCUT2D eigenvalue weighted by molar-refractivity contribution is -0.117. The molecule has 1 unspecified atom stereocenters. The molecule has 0 fully saturated rings. The third-order valence-corrected chi connectivity index (χ3v) is 2.88. The number of amides is 1. The molecule has 1 aromatic carbocycles. The van der Waals surface area contributed by atoms with Crippen LogP contribution in [0, 0.1) is 6.92 Å². The number of anilines is 1. The van der Waals surface area contributed by atoms with Gasteiger partial charge in [0.2, 0.25) is 5.91 Å². The number of carbonyl (C=O) groups is 2. The SMILES string of the molecule is COCCC(N)C(=O)Nc1ccc(C(=O)OC)cc1C. The first-order valence-electron chi connectivity index (χ1n) is 6.24. The molecular weight excluding hydrogens is 260 g/mol. The fourth-order valence-corrected chi connectivity index (χ4v) is 1.65. The Balaban J connectivity index is 2.73. The quantitative estimate of drug-likeness (QED) is 0.761. The number of carbonyl (C=O) groups excluding carboxylic acids is 2. The summed E-state index contributed by atoms with van der Waals surface area (Å²) in [6.07, 6.45) is 0.446. The van der Waals surface area contributed by atoms with Crippen LogP contribution in [-0.2, 0) is 14.3 Å². The van der Waals surface area contributed by atoms with Crippen molar-refractivity contribution in [1.29, 1.82) is 0 Å². The van der Waals surface area contributed by atoms with Gasteiger partial charge in [-0.1, -0.05) is 0 Å². The van der Waals surface area contributed by atoms with E-state index in [1.54, 1.807) is 32.2 Å². The van der Waals surface area contributed by atoms with Crippen molar-refractivity contribution in [2.75, 3.05) is 26.1 Å². The van der Waals surface area contributed by atoms with Crippen LogP contribution in [0.3, 0.4) is 0 Å². The highest BCUT2D eigenvalue weighted by atomic mass is 16.5. The van der Waals surface area contributed by atoms with Crippen LogP contribution in [0.15, 0.2) is 18.2 Å². The zero-order chi connectivity index (χ0) is 15.1. The Morgan fingerprint density at radius 2 is 2.05 bits per heavy atom. The molecule has 0 radical (unpaired) electrons. The first kappa shape index (κ1) is 16.1. The summed E-state index contributed by atoms with van der Waals surface area (Å²) >= 11 is 0. The van der Waals surface area contributed by atoms with Crippen LogP contribution in [-0.4, -0.2) is 38.7 Å². The zero-order valence-corrected chi connectivity index (χ0v) is 11.9. The number of rotatable bonds is 6. The molecule has 0 heterocycles. The number of ether oxygens (including phenoxy) is 2. The van der Waals surface area contributed by atoms with Gasteiger partial charge in [0.25, 0.3) is 0 Å². The van der Waals surface area contributed by atoms with E-state index in [-0.39, 0.29) is 5.91 Å². The molecule has 0 aliphatic rings. The Hall–Kier alpha value is -1.92. The smallest absolute Gasteiger partial charge is 0.337 e. The van der Waals surface area contributed by atoms with Gasteiger partial charge < -0.3 is 20.5 Å². The van der Waals surface area contributed by atoms with Crippen LogP contribution in [0.1, 0.15) is 22.3 Å². The fourth-order valence-electron chi connectivity index (χ4n) is 1.65. The molecule has 3 N–H and O–H groups in total. The molecule has 0 aliphatic heterocycles. The molecule has 20 heavy (non-hydrogen) atoms. The molecule has 1 atom stereocenters. The van der Waals surface area contributed by atoms with Crippen LogP contribution < -0.4 is 11.1 Å². The summed E-state index contributed by atoms with van der Waals surface area (Å²) in [6, 6.07) is 4.27. The molecule has 0 saturated carbocycles. The maximum absolute atomic E-state index is 11.9. The lowest BCUT2D eigenvalue weighted by Crippen LogP contribution is -2.36. The Labute approximate surface area is 118 Å². The number of methoxy groups -OCH3 is 2. The highest BCUT2D eigenvalue weighted by Gasteiger charge is 2.15. The highest BCUT2D eigenvalue weighted by Crippen LogP contribution is 2.17. The predicted molar refractivity (Wildman–Crippen MR) is 75.6 cm³/mol. The lowest BCUT2D eigenvalue weighted by atomic mass is 10.1. The van der Waals surface area contributed by atoms with Crippen LogP contribution >= 0.6 is 0 Å². The molecule has 0 saturated heterocycles. The van der Waals surface area contributed by atoms with E-state index in [1.807, 2.05) is 0 Å². The average molecular weight is 280 g/mol. The number of hydrogen-bond donors (Lipinski definition) is 2. The summed E-state index contributed by atoms with van der Waals surface area (Å²) in [6.45, 7) is 2.22. The molecular formula is C14H20N2O4. The molecule has 0 aliphatic carbocycles. The monoisotopic (exact) mass is 280 g/mol. The number of esters is 1. The van der Waals surface area contributed by atoms with Crippen molar-refractivity contribution in [1.82, 2.24) is 0 Å². The molecule has 0 aromatic heterocycles. The molecule has 0 spiro atoms. The largest absolute Gasteiger partial charge is 0.465 e. The van der Waals surface area contributed by atoms with E-state index in [4.69, 9.17) is 10.5 Å². The number of hydrogen-bond acceptors (Lipinski definition) is 5. The Morgan fingerprint density at radius 1 is 1.35 bits per heavy atom. The molecule has 0 bridgehead atoms. The van der Waals surface area contributed by atoms with Gasteiger partial charge >= 0.3 is 5.97 Å². The van der Waals surface area contributed by atoms with Crippen molar-refractivity contribution in [3.8, 4) is 0 Å². The van der Waals surface area contributed by atoms with Gasteiger partial charge in [0, 0.05) is 19.4 Å². The van der Waals surface area contributed by atoms with Gasteiger partial charge in [-0.3, -0.25) is 4.79 Å². The Morgan fingerprint density at radius 3 is 2.60 bits per heavy atom. The number of nitrogens with two attached hydrogens (primary N) is 1. The highest BCUT2D eigenvalue weighted by molar-refractivity contribution is 5.96. The van der Waals surface area contributed by atoms with Crippen LogP contribution in [0.2, 0.25) is 0 Å². The summed E-state index contributed by atoms with van der Waals surface area (Å²) in [5.74, 6) is -0.696. The first-order chi connectivity index (χ1) is 9.49. The van der Waals surface area contributed by atoms with Crippen molar-refractivity contribution >= 4 is 17.6 Å². The Kier molecular flexibility index (Phi) is 6.14. The lowest BCUT2D eigenvalue weighted by Gasteiger charge is -2.14. The Bertz CT molecular complexity index is 488. The minimum atomic E-state index is -0.630. The van der Waals surface area contributed by atoms with Gasteiger partial charge in [-0.25, -0.2) is 4.79 Å². The van der Waals surface area contributed by atoms with Gasteiger partial charge in [0.05, 0.1) is 18.7 Å². The third-order valence-electron chi connectivity index (χ3n) is 2.88. The van der Waals surface area contributed by atoms with Crippen LogP contribution in [0.5, 0.6) is 0 Å². The van der Waals surface area contributed by atoms with E-state index in [1.165, 1.54) is 7.11 Å². The molecule has 6 nitrogen and oxygen atoms in total. The molecule has 1 amide bonds. The van der Waals surface area contributed by atoms with Gasteiger partial charge in [-0.2, -0.15) is 0 Å². The van der Waals surface area contributed by atoms with E-state index in [2.05, 4.69) is 10.1 Å². The minimum Gasteiger partial charge on any atom is -0.465 e. The van der Waals surface area contributed by atoms with Gasteiger partial charge in [0.15, 0.2) is 0 Å². The standard InChI is InChI=1S/C14H20N2O4/c1-9-8-10(14(18)20-3)4-5-12(9)16-13(17)11(15)6-7-19-2/h4-5,8,11H,6-7,15H2,1-3H3,(H,16,17). The molecule has 6 heteroatoms. The first-order valence-corrected chi connectivity index (χ1v) is 6.24. The third kappa shape index (κ3) is 4.32. The summed E-state index contributed by atoms with van der Waals surface area (Å²) in [5, 5.41) is 2.73. The zero-order valence-electron chi connectivity index (χ0n) is 11.9. The van der Waals surface area contributed by atoms with Crippen LogP contribution in [0.4, 0.5) is 5.69 Å². The second-order valence-electron chi connectivity index (χ2n) is 4.40. The van der Waals surface area contributed by atoms with E-state index < -0.39 is 12.0 Å². The summed E-state index contributed by atoms with van der Waals surface area (Å²) in [4.78, 5) is 23.2. The molecule has 1 aromatic rings. The predicted octanol–water partition coefficient (Wildman–Crippen LogP) is 1.08. The average Bonchev–Trinajstić information content (AvgIpc) is 2.45. The summed E-state index contributed by atoms with van der Waals surface area (Å²) < 4.78 is 9.51. The second-order valence-corrected chi connectivity index (χ2v) is 4.40. The second kappa shape index (κ2) is 7.62. The maximum atomic E-state index is 11.9. The fraction of sp³-hybridized carbons (Fsp3) is 0.429. The van der Waals surface area contributed by atoms with E-state index in [9.17, 15) is 9.59 Å². The molecule has 1 rings (SSSR count). The number of nitrogens with one attached hydrogen (secondary N) is 1. The van der Waals surface area contributed by atoms with Gasteiger partial charge in [-0.15, -0.1) is 0 Å².